The topological polar surface area (TPSA) is 102 Å². The molecule has 7 nitrogen and oxygen atoms in total. The molecular formula is C26H22F3N3O4. The number of nitriles is 1. The zero-order valence-corrected chi connectivity index (χ0v) is 19.2. The van der Waals surface area contributed by atoms with Crippen LogP contribution in [-0.4, -0.2) is 34.3 Å². The molecule has 1 aliphatic carbocycles. The zero-order chi connectivity index (χ0) is 26.2. The van der Waals surface area contributed by atoms with Gasteiger partial charge in [-0.3, -0.25) is 14.5 Å². The highest BCUT2D eigenvalue weighted by molar-refractivity contribution is 6.07. The fourth-order valence-electron chi connectivity index (χ4n) is 4.58. The molecular weight excluding hydrogens is 475 g/mol. The number of carboxylic acids is 1. The first-order valence-corrected chi connectivity index (χ1v) is 11.3. The number of alkyl halides is 3. The van der Waals surface area contributed by atoms with E-state index in [0.717, 1.165) is 34.4 Å². The number of carboxylic acid groups (broad SMARTS) is 1. The molecule has 0 radical (unpaired) electrons. The van der Waals surface area contributed by atoms with E-state index >= 15 is 0 Å². The molecule has 1 saturated carbocycles. The molecule has 1 atom stereocenters. The first-order chi connectivity index (χ1) is 17.0. The van der Waals surface area contributed by atoms with Crippen molar-refractivity contribution >= 4 is 23.5 Å². The first kappa shape index (κ1) is 25.0. The summed E-state index contributed by atoms with van der Waals surface area (Å²) in [6, 6.07) is 10.3. The molecule has 0 aromatic heterocycles. The Morgan fingerprint density at radius 1 is 1.14 bits per heavy atom. The molecule has 1 N–H and O–H groups in total. The van der Waals surface area contributed by atoms with E-state index < -0.39 is 36.3 Å². The van der Waals surface area contributed by atoms with E-state index in [1.807, 2.05) is 6.07 Å². The molecule has 4 rings (SSSR count). The quantitative estimate of drug-likeness (QED) is 0.585. The SMILES string of the molecule is CC1=C(C(=O)C2CCC2)[C@@H](c2ccc(C#N)cc2)N(CC(=O)O)C(=O)N1c1cccc(C(F)(F)F)c1. The maximum absolute atomic E-state index is 13.7. The van der Waals surface area contributed by atoms with Crippen LogP contribution in [0.5, 0.6) is 0 Å². The second kappa shape index (κ2) is 9.49. The standard InChI is InChI=1S/C26H22F3N3O4/c1-15-22(24(35)18-4-2-5-18)23(17-10-8-16(13-30)9-11-17)31(14-21(33)34)25(36)32(15)20-7-3-6-19(12-20)26(27,28)29/h3,6-12,18,23H,2,4-5,14H2,1H3,(H,33,34)/t23-/m1/s1. The van der Waals surface area contributed by atoms with Crippen LogP contribution in [-0.2, 0) is 15.8 Å². The van der Waals surface area contributed by atoms with Crippen LogP contribution in [0, 0.1) is 17.2 Å². The van der Waals surface area contributed by atoms with Gasteiger partial charge in [-0.2, -0.15) is 18.4 Å². The Bertz CT molecular complexity index is 1290. The molecule has 0 spiro atoms. The monoisotopic (exact) mass is 497 g/mol. The number of benzene rings is 2. The minimum atomic E-state index is -4.66. The van der Waals surface area contributed by atoms with Crippen LogP contribution in [0.4, 0.5) is 23.7 Å². The van der Waals surface area contributed by atoms with Gasteiger partial charge in [0.15, 0.2) is 5.78 Å². The number of allylic oxidation sites excluding steroid dienone is 1. The van der Waals surface area contributed by atoms with Gasteiger partial charge in [0, 0.05) is 17.2 Å². The minimum absolute atomic E-state index is 0.125. The molecule has 1 fully saturated rings. The van der Waals surface area contributed by atoms with Gasteiger partial charge >= 0.3 is 18.2 Å². The number of rotatable bonds is 6. The van der Waals surface area contributed by atoms with Crippen molar-refractivity contribution in [1.29, 1.82) is 5.26 Å². The summed E-state index contributed by atoms with van der Waals surface area (Å²) in [5.41, 5.74) is -0.0422. The average Bonchev–Trinajstić information content (AvgIpc) is 2.79. The molecule has 10 heteroatoms. The molecule has 0 saturated heterocycles. The number of urea groups is 1. The average molecular weight is 497 g/mol. The van der Waals surface area contributed by atoms with Crippen LogP contribution in [0.1, 0.15) is 48.9 Å². The van der Waals surface area contributed by atoms with Gasteiger partial charge in [0.1, 0.15) is 6.54 Å². The van der Waals surface area contributed by atoms with E-state index in [1.165, 1.54) is 25.1 Å². The summed E-state index contributed by atoms with van der Waals surface area (Å²) >= 11 is 0. The van der Waals surface area contributed by atoms with Crippen LogP contribution in [0.2, 0.25) is 0 Å². The van der Waals surface area contributed by atoms with Crippen molar-refractivity contribution in [2.75, 3.05) is 11.4 Å². The Morgan fingerprint density at radius 2 is 1.81 bits per heavy atom. The van der Waals surface area contributed by atoms with Crippen molar-refractivity contribution in [2.24, 2.45) is 5.92 Å². The molecule has 0 bridgehead atoms. The lowest BCUT2D eigenvalue weighted by Crippen LogP contribution is -2.53. The maximum atomic E-state index is 13.7. The zero-order valence-electron chi connectivity index (χ0n) is 19.2. The van der Waals surface area contributed by atoms with Gasteiger partial charge in [-0.25, -0.2) is 4.79 Å². The highest BCUT2D eigenvalue weighted by atomic mass is 19.4. The highest BCUT2D eigenvalue weighted by Crippen LogP contribution is 2.43. The summed E-state index contributed by atoms with van der Waals surface area (Å²) in [6.07, 6.45) is -2.56. The Labute approximate surface area is 205 Å². The van der Waals surface area contributed by atoms with Gasteiger partial charge in [-0.15, -0.1) is 0 Å². The summed E-state index contributed by atoms with van der Waals surface area (Å²) in [4.78, 5) is 41.0. The molecule has 186 valence electrons. The lowest BCUT2D eigenvalue weighted by Gasteiger charge is -2.44. The molecule has 2 amide bonds. The Kier molecular flexibility index (Phi) is 6.59. The van der Waals surface area contributed by atoms with Crippen LogP contribution in [0.15, 0.2) is 59.8 Å². The summed E-state index contributed by atoms with van der Waals surface area (Å²) in [7, 11) is 0. The summed E-state index contributed by atoms with van der Waals surface area (Å²) < 4.78 is 40.2. The van der Waals surface area contributed by atoms with Crippen molar-refractivity contribution in [2.45, 2.75) is 38.4 Å². The lowest BCUT2D eigenvalue weighted by molar-refractivity contribution is -0.138. The number of hydrogen-bond acceptors (Lipinski definition) is 4. The van der Waals surface area contributed by atoms with Crippen LogP contribution < -0.4 is 4.90 Å². The van der Waals surface area contributed by atoms with E-state index in [9.17, 15) is 32.7 Å². The summed E-state index contributed by atoms with van der Waals surface area (Å²) in [5, 5.41) is 18.7. The van der Waals surface area contributed by atoms with Crippen LogP contribution in [0.25, 0.3) is 0 Å². The third kappa shape index (κ3) is 4.56. The Balaban J connectivity index is 1.94. The number of carbonyl (C=O) groups excluding carboxylic acids is 2. The molecule has 2 aliphatic rings. The number of anilines is 1. The normalized spacial score (nSPS) is 18.6. The number of hydrogen-bond donors (Lipinski definition) is 1. The Hall–Kier alpha value is -4.13. The maximum Gasteiger partial charge on any atom is 0.416 e. The molecule has 1 aliphatic heterocycles. The number of amides is 2. The van der Waals surface area contributed by atoms with E-state index in [1.54, 1.807) is 12.1 Å². The molecule has 36 heavy (non-hydrogen) atoms. The van der Waals surface area contributed by atoms with Crippen molar-refractivity contribution in [3.05, 3.63) is 76.5 Å². The second-order valence-corrected chi connectivity index (χ2v) is 8.82. The fraction of sp³-hybridized carbons (Fsp3) is 0.308. The number of ketones is 1. The number of nitrogens with zero attached hydrogens (tertiary/aromatic N) is 3. The van der Waals surface area contributed by atoms with Gasteiger partial charge in [0.25, 0.3) is 0 Å². The third-order valence-electron chi connectivity index (χ3n) is 6.58. The van der Waals surface area contributed by atoms with Crippen molar-refractivity contribution in [3.63, 3.8) is 0 Å². The van der Waals surface area contributed by atoms with Crippen molar-refractivity contribution in [3.8, 4) is 6.07 Å². The molecule has 2 aromatic rings. The molecule has 2 aromatic carbocycles. The fourth-order valence-corrected chi connectivity index (χ4v) is 4.58. The van der Waals surface area contributed by atoms with Gasteiger partial charge in [-0.1, -0.05) is 24.6 Å². The van der Waals surface area contributed by atoms with Crippen molar-refractivity contribution < 1.29 is 32.7 Å². The summed E-state index contributed by atoms with van der Waals surface area (Å²) in [6.45, 7) is 0.701. The number of aliphatic carboxylic acids is 1. The number of carbonyl (C=O) groups is 3. The highest BCUT2D eigenvalue weighted by Gasteiger charge is 2.45. The van der Waals surface area contributed by atoms with Gasteiger partial charge in [-0.05, 0) is 55.7 Å². The van der Waals surface area contributed by atoms with Gasteiger partial charge in [0.05, 0.1) is 28.9 Å². The van der Waals surface area contributed by atoms with E-state index in [0.29, 0.717) is 24.0 Å². The number of halogens is 3. The molecule has 1 heterocycles. The van der Waals surface area contributed by atoms with E-state index in [4.69, 9.17) is 5.26 Å². The first-order valence-electron chi connectivity index (χ1n) is 11.3. The summed E-state index contributed by atoms with van der Waals surface area (Å²) in [5.74, 6) is -1.94. The van der Waals surface area contributed by atoms with E-state index in [-0.39, 0.29) is 28.7 Å². The predicted octanol–water partition coefficient (Wildman–Crippen LogP) is 5.29. The molecule has 0 unspecified atom stereocenters. The smallest absolute Gasteiger partial charge is 0.416 e. The van der Waals surface area contributed by atoms with Crippen LogP contribution in [0.3, 0.4) is 0 Å². The largest absolute Gasteiger partial charge is 0.480 e. The second-order valence-electron chi connectivity index (χ2n) is 8.82. The van der Waals surface area contributed by atoms with Crippen LogP contribution >= 0.6 is 0 Å². The van der Waals surface area contributed by atoms with Gasteiger partial charge in [0.2, 0.25) is 0 Å². The minimum Gasteiger partial charge on any atom is -0.480 e. The van der Waals surface area contributed by atoms with E-state index in [2.05, 4.69) is 0 Å². The number of Topliss-reactive ketones (excluding diaryl/α,β-unsaturated/α-hetero) is 1. The predicted molar refractivity (Wildman–Crippen MR) is 123 cm³/mol. The third-order valence-corrected chi connectivity index (χ3v) is 6.58. The van der Waals surface area contributed by atoms with Crippen molar-refractivity contribution in [1.82, 2.24) is 4.90 Å². The lowest BCUT2D eigenvalue weighted by atomic mass is 9.76. The van der Waals surface area contributed by atoms with Gasteiger partial charge < -0.3 is 10.0 Å². The Morgan fingerprint density at radius 3 is 2.33 bits per heavy atom.